The van der Waals surface area contributed by atoms with Gasteiger partial charge in [0, 0.05) is 13.6 Å². The summed E-state index contributed by atoms with van der Waals surface area (Å²) in [6, 6.07) is 6.56. The molecule has 5 heteroatoms. The third kappa shape index (κ3) is 2.73. The molecule has 0 fully saturated rings. The normalized spacial score (nSPS) is 11.2. The fourth-order valence-corrected chi connectivity index (χ4v) is 2.78. The van der Waals surface area contributed by atoms with Crippen LogP contribution in [0.4, 0.5) is 0 Å². The van der Waals surface area contributed by atoms with E-state index in [4.69, 9.17) is 5.26 Å². The van der Waals surface area contributed by atoms with Crippen LogP contribution in [0.25, 0.3) is 0 Å². The average Bonchev–Trinajstić information content (AvgIpc) is 2.29. The van der Waals surface area contributed by atoms with Gasteiger partial charge in [-0.05, 0) is 24.6 Å². The number of aryl methyl sites for hydroxylation is 1. The Kier molecular flexibility index (Phi) is 4.05. The molecule has 1 aromatic rings. The largest absolute Gasteiger partial charge is 0.243 e. The van der Waals surface area contributed by atoms with Gasteiger partial charge in [0.05, 0.1) is 16.5 Å². The molecule has 0 radical (unpaired) electrons. The first kappa shape index (κ1) is 13.4. The second-order valence-corrected chi connectivity index (χ2v) is 5.68. The molecule has 0 aliphatic rings. The standard InChI is InChI=1S/C12H14N2O2S/c1-4-7-14(3)17(15,16)12-8-11(9-13)6-5-10(12)2/h4-6,8H,1,7H2,2-3H3. The van der Waals surface area contributed by atoms with Crippen LogP contribution in [0, 0.1) is 18.3 Å². The maximum absolute atomic E-state index is 12.2. The number of hydrogen-bond acceptors (Lipinski definition) is 3. The van der Waals surface area contributed by atoms with Crippen molar-refractivity contribution in [1.82, 2.24) is 4.31 Å². The van der Waals surface area contributed by atoms with Crippen LogP contribution in [-0.4, -0.2) is 26.3 Å². The SMILES string of the molecule is C=CCN(C)S(=O)(=O)c1cc(C#N)ccc1C. The molecule has 17 heavy (non-hydrogen) atoms. The second kappa shape index (κ2) is 5.13. The molecule has 1 rings (SSSR count). The molecule has 0 spiro atoms. The van der Waals surface area contributed by atoms with Gasteiger partial charge < -0.3 is 0 Å². The minimum absolute atomic E-state index is 0.168. The highest BCUT2D eigenvalue weighted by atomic mass is 32.2. The number of benzene rings is 1. The fraction of sp³-hybridized carbons (Fsp3) is 0.250. The van der Waals surface area contributed by atoms with Gasteiger partial charge in [0.1, 0.15) is 0 Å². The minimum Gasteiger partial charge on any atom is -0.207 e. The summed E-state index contributed by atoms with van der Waals surface area (Å²) in [6.45, 7) is 5.44. The van der Waals surface area contributed by atoms with Gasteiger partial charge in [-0.25, -0.2) is 8.42 Å². The van der Waals surface area contributed by atoms with Crippen LogP contribution in [0.2, 0.25) is 0 Å². The van der Waals surface area contributed by atoms with Crippen molar-refractivity contribution in [2.24, 2.45) is 0 Å². The van der Waals surface area contributed by atoms with Gasteiger partial charge in [0.25, 0.3) is 0 Å². The van der Waals surface area contributed by atoms with Crippen molar-refractivity contribution in [3.8, 4) is 6.07 Å². The van der Waals surface area contributed by atoms with Crippen molar-refractivity contribution in [3.63, 3.8) is 0 Å². The lowest BCUT2D eigenvalue weighted by Crippen LogP contribution is -2.27. The first-order valence-electron chi connectivity index (χ1n) is 5.01. The second-order valence-electron chi connectivity index (χ2n) is 3.67. The molecule has 0 amide bonds. The summed E-state index contributed by atoms with van der Waals surface area (Å²) in [5.41, 5.74) is 0.959. The lowest BCUT2D eigenvalue weighted by Gasteiger charge is -2.16. The van der Waals surface area contributed by atoms with Crippen molar-refractivity contribution in [3.05, 3.63) is 42.0 Å². The topological polar surface area (TPSA) is 61.2 Å². The van der Waals surface area contributed by atoms with E-state index in [1.54, 1.807) is 19.1 Å². The predicted molar refractivity (Wildman–Crippen MR) is 65.9 cm³/mol. The molecule has 0 bridgehead atoms. The molecular weight excluding hydrogens is 236 g/mol. The molecule has 1 aromatic carbocycles. The van der Waals surface area contributed by atoms with Crippen LogP contribution >= 0.6 is 0 Å². The highest BCUT2D eigenvalue weighted by Gasteiger charge is 2.22. The highest BCUT2D eigenvalue weighted by molar-refractivity contribution is 7.89. The van der Waals surface area contributed by atoms with E-state index in [1.165, 1.54) is 23.5 Å². The molecule has 0 unspecified atom stereocenters. The van der Waals surface area contributed by atoms with Gasteiger partial charge in [0.2, 0.25) is 10.0 Å². The third-order valence-electron chi connectivity index (χ3n) is 2.39. The van der Waals surface area contributed by atoms with Crippen LogP contribution in [0.5, 0.6) is 0 Å². The van der Waals surface area contributed by atoms with Crippen LogP contribution in [-0.2, 0) is 10.0 Å². The summed E-state index contributed by atoms with van der Waals surface area (Å²) < 4.78 is 25.6. The monoisotopic (exact) mass is 250 g/mol. The maximum Gasteiger partial charge on any atom is 0.243 e. The zero-order chi connectivity index (χ0) is 13.1. The van der Waals surface area contributed by atoms with E-state index < -0.39 is 10.0 Å². The van der Waals surface area contributed by atoms with Crippen LogP contribution in [0.1, 0.15) is 11.1 Å². The van der Waals surface area contributed by atoms with E-state index in [-0.39, 0.29) is 11.4 Å². The lowest BCUT2D eigenvalue weighted by molar-refractivity contribution is 0.499. The predicted octanol–water partition coefficient (Wildman–Crippen LogP) is 1.67. The summed E-state index contributed by atoms with van der Waals surface area (Å²) in [5, 5.41) is 8.79. The summed E-state index contributed by atoms with van der Waals surface area (Å²) in [6.07, 6.45) is 1.51. The first-order valence-corrected chi connectivity index (χ1v) is 6.45. The molecule has 0 saturated carbocycles. The Labute approximate surface area is 102 Å². The number of sulfonamides is 1. The van der Waals surface area contributed by atoms with Crippen LogP contribution in [0.15, 0.2) is 35.7 Å². The Balaban J connectivity index is 3.33. The fourth-order valence-electron chi connectivity index (χ4n) is 1.40. The van der Waals surface area contributed by atoms with E-state index in [9.17, 15) is 8.42 Å². The van der Waals surface area contributed by atoms with Gasteiger partial charge >= 0.3 is 0 Å². The number of nitrogens with zero attached hydrogens (tertiary/aromatic N) is 2. The molecule has 0 atom stereocenters. The maximum atomic E-state index is 12.2. The quantitative estimate of drug-likeness (QED) is 0.764. The zero-order valence-electron chi connectivity index (χ0n) is 9.84. The van der Waals surface area contributed by atoms with E-state index in [0.29, 0.717) is 11.1 Å². The van der Waals surface area contributed by atoms with Gasteiger partial charge in [0.15, 0.2) is 0 Å². The van der Waals surface area contributed by atoms with Gasteiger partial charge in [-0.3, -0.25) is 0 Å². The van der Waals surface area contributed by atoms with E-state index in [0.717, 1.165) is 0 Å². The highest BCUT2D eigenvalue weighted by Crippen LogP contribution is 2.20. The van der Waals surface area contributed by atoms with Gasteiger partial charge in [-0.2, -0.15) is 9.57 Å². The molecule has 0 aliphatic heterocycles. The molecule has 0 aromatic heterocycles. The Bertz CT molecular complexity index is 571. The van der Waals surface area contributed by atoms with Gasteiger partial charge in [-0.15, -0.1) is 6.58 Å². The number of hydrogen-bond donors (Lipinski definition) is 0. The smallest absolute Gasteiger partial charge is 0.207 e. The van der Waals surface area contributed by atoms with Crippen molar-refractivity contribution >= 4 is 10.0 Å². The molecular formula is C12H14N2O2S. The van der Waals surface area contributed by atoms with Crippen LogP contribution in [0.3, 0.4) is 0 Å². The Hall–Kier alpha value is -1.64. The van der Waals surface area contributed by atoms with Crippen LogP contribution < -0.4 is 0 Å². The Morgan fingerprint density at radius 3 is 2.71 bits per heavy atom. The average molecular weight is 250 g/mol. The first-order chi connectivity index (χ1) is 7.93. The third-order valence-corrected chi connectivity index (χ3v) is 4.36. The van der Waals surface area contributed by atoms with Gasteiger partial charge in [-0.1, -0.05) is 12.1 Å². The van der Waals surface area contributed by atoms with E-state index in [1.807, 2.05) is 6.07 Å². The number of nitriles is 1. The Morgan fingerprint density at radius 2 is 2.18 bits per heavy atom. The minimum atomic E-state index is -3.55. The van der Waals surface area contributed by atoms with E-state index in [2.05, 4.69) is 6.58 Å². The van der Waals surface area contributed by atoms with Crippen molar-refractivity contribution in [2.45, 2.75) is 11.8 Å². The molecule has 90 valence electrons. The summed E-state index contributed by atoms with van der Waals surface area (Å²) >= 11 is 0. The Morgan fingerprint density at radius 1 is 1.53 bits per heavy atom. The molecule has 4 nitrogen and oxygen atoms in total. The molecule has 0 heterocycles. The van der Waals surface area contributed by atoms with E-state index >= 15 is 0 Å². The lowest BCUT2D eigenvalue weighted by atomic mass is 10.2. The molecule has 0 saturated heterocycles. The number of likely N-dealkylation sites (N-methyl/N-ethyl adjacent to an activating group) is 1. The number of rotatable bonds is 4. The molecule has 0 N–H and O–H groups in total. The van der Waals surface area contributed by atoms with Crippen molar-refractivity contribution in [1.29, 1.82) is 5.26 Å². The molecule has 0 aliphatic carbocycles. The summed E-state index contributed by atoms with van der Waals surface area (Å²) in [4.78, 5) is 0.168. The summed E-state index contributed by atoms with van der Waals surface area (Å²) in [7, 11) is -2.07. The van der Waals surface area contributed by atoms with Crippen molar-refractivity contribution in [2.75, 3.05) is 13.6 Å². The zero-order valence-corrected chi connectivity index (χ0v) is 10.7. The summed E-state index contributed by atoms with van der Waals surface area (Å²) in [5.74, 6) is 0. The van der Waals surface area contributed by atoms with Crippen molar-refractivity contribution < 1.29 is 8.42 Å².